The molecule has 0 bridgehead atoms. The SMILES string of the molecule is COCC1CCN(C(=O)[C@H]2NCCO[C@@H]2C)C1.Cl. The van der Waals surface area contributed by atoms with Crippen LogP contribution >= 0.6 is 12.4 Å². The van der Waals surface area contributed by atoms with Gasteiger partial charge in [0.1, 0.15) is 6.04 Å². The highest BCUT2D eigenvalue weighted by atomic mass is 35.5. The minimum atomic E-state index is -0.176. The van der Waals surface area contributed by atoms with Crippen molar-refractivity contribution in [2.24, 2.45) is 5.92 Å². The highest BCUT2D eigenvalue weighted by molar-refractivity contribution is 5.85. The fourth-order valence-corrected chi connectivity index (χ4v) is 2.61. The minimum Gasteiger partial charge on any atom is -0.384 e. The number of hydrogen-bond donors (Lipinski definition) is 1. The van der Waals surface area contributed by atoms with E-state index in [4.69, 9.17) is 9.47 Å². The summed E-state index contributed by atoms with van der Waals surface area (Å²) in [7, 11) is 1.71. The minimum absolute atomic E-state index is 0. The first-order chi connectivity index (χ1) is 8.22. The quantitative estimate of drug-likeness (QED) is 0.806. The molecule has 0 aromatic heterocycles. The summed E-state index contributed by atoms with van der Waals surface area (Å²) in [5, 5.41) is 3.24. The summed E-state index contributed by atoms with van der Waals surface area (Å²) < 4.78 is 10.7. The Morgan fingerprint density at radius 3 is 3.00 bits per heavy atom. The van der Waals surface area contributed by atoms with Crippen LogP contribution in [0.2, 0.25) is 0 Å². The van der Waals surface area contributed by atoms with Crippen molar-refractivity contribution < 1.29 is 14.3 Å². The van der Waals surface area contributed by atoms with Crippen molar-refractivity contribution in [1.29, 1.82) is 0 Å². The molecule has 1 N–H and O–H groups in total. The first kappa shape index (κ1) is 15.7. The van der Waals surface area contributed by atoms with Crippen molar-refractivity contribution in [1.82, 2.24) is 10.2 Å². The van der Waals surface area contributed by atoms with E-state index in [9.17, 15) is 4.79 Å². The van der Waals surface area contributed by atoms with E-state index in [1.165, 1.54) is 0 Å². The number of carbonyl (C=O) groups excluding carboxylic acids is 1. The van der Waals surface area contributed by atoms with Gasteiger partial charge in [0.2, 0.25) is 5.91 Å². The fraction of sp³-hybridized carbons (Fsp3) is 0.917. The van der Waals surface area contributed by atoms with Crippen LogP contribution in [-0.2, 0) is 14.3 Å². The maximum Gasteiger partial charge on any atom is 0.242 e. The van der Waals surface area contributed by atoms with E-state index >= 15 is 0 Å². The lowest BCUT2D eigenvalue weighted by molar-refractivity contribution is -0.138. The van der Waals surface area contributed by atoms with Gasteiger partial charge < -0.3 is 19.7 Å². The zero-order valence-corrected chi connectivity index (χ0v) is 11.9. The number of nitrogens with one attached hydrogen (secondary N) is 1. The van der Waals surface area contributed by atoms with E-state index in [0.717, 1.165) is 32.7 Å². The van der Waals surface area contributed by atoms with Gasteiger partial charge in [-0.3, -0.25) is 4.79 Å². The molecule has 1 unspecified atom stereocenters. The molecule has 106 valence electrons. The number of ether oxygens (including phenoxy) is 2. The average Bonchev–Trinajstić information content (AvgIpc) is 2.78. The van der Waals surface area contributed by atoms with Gasteiger partial charge in [-0.15, -0.1) is 12.4 Å². The Morgan fingerprint density at radius 2 is 2.33 bits per heavy atom. The molecular formula is C12H23ClN2O3. The van der Waals surface area contributed by atoms with Gasteiger partial charge in [0.05, 0.1) is 19.3 Å². The van der Waals surface area contributed by atoms with Crippen LogP contribution in [0.4, 0.5) is 0 Å². The first-order valence-electron chi connectivity index (χ1n) is 6.35. The molecule has 5 nitrogen and oxygen atoms in total. The van der Waals surface area contributed by atoms with Crippen LogP contribution in [0.15, 0.2) is 0 Å². The van der Waals surface area contributed by atoms with Crippen LogP contribution in [-0.4, -0.2) is 62.9 Å². The number of hydrogen-bond acceptors (Lipinski definition) is 4. The molecule has 3 atom stereocenters. The van der Waals surface area contributed by atoms with Crippen molar-refractivity contribution >= 4 is 18.3 Å². The van der Waals surface area contributed by atoms with Crippen LogP contribution in [0.5, 0.6) is 0 Å². The predicted octanol–water partition coefficient (Wildman–Crippen LogP) is 0.280. The zero-order chi connectivity index (χ0) is 12.3. The van der Waals surface area contributed by atoms with Crippen LogP contribution in [0.1, 0.15) is 13.3 Å². The van der Waals surface area contributed by atoms with Gasteiger partial charge in [-0.1, -0.05) is 0 Å². The van der Waals surface area contributed by atoms with Crippen molar-refractivity contribution in [2.45, 2.75) is 25.5 Å². The lowest BCUT2D eigenvalue weighted by atomic mass is 10.1. The van der Waals surface area contributed by atoms with Crippen LogP contribution in [0.25, 0.3) is 0 Å². The normalized spacial score (nSPS) is 32.1. The maximum atomic E-state index is 12.3. The molecule has 6 heteroatoms. The van der Waals surface area contributed by atoms with Gasteiger partial charge in [-0.2, -0.15) is 0 Å². The molecule has 2 aliphatic rings. The summed E-state index contributed by atoms with van der Waals surface area (Å²) in [5.74, 6) is 0.666. The number of methoxy groups -OCH3 is 1. The molecule has 2 saturated heterocycles. The predicted molar refractivity (Wildman–Crippen MR) is 71.0 cm³/mol. The molecule has 2 heterocycles. The zero-order valence-electron chi connectivity index (χ0n) is 11.1. The second-order valence-electron chi connectivity index (χ2n) is 4.90. The molecular weight excluding hydrogens is 256 g/mol. The molecule has 0 spiro atoms. The third kappa shape index (κ3) is 3.57. The molecule has 1 amide bonds. The lowest BCUT2D eigenvalue weighted by Gasteiger charge is -2.32. The Hall–Kier alpha value is -0.360. The molecule has 0 radical (unpaired) electrons. The monoisotopic (exact) mass is 278 g/mol. The van der Waals surface area contributed by atoms with Gasteiger partial charge in [-0.25, -0.2) is 0 Å². The van der Waals surface area contributed by atoms with Crippen molar-refractivity contribution in [3.8, 4) is 0 Å². The Labute approximate surface area is 115 Å². The second-order valence-corrected chi connectivity index (χ2v) is 4.90. The Kier molecular flexibility index (Phi) is 6.35. The summed E-state index contributed by atoms with van der Waals surface area (Å²) in [6.45, 7) is 5.81. The standard InChI is InChI=1S/C12H22N2O3.ClH/c1-9-11(13-4-6-17-9)12(15)14-5-3-10(7-14)8-16-2;/h9-11,13H,3-8H2,1-2H3;1H/t9-,10?,11+;/m1./s1. The summed E-state index contributed by atoms with van der Waals surface area (Å²) in [6.07, 6.45) is 1.01. The largest absolute Gasteiger partial charge is 0.384 e. The highest BCUT2D eigenvalue weighted by Gasteiger charge is 2.35. The molecule has 0 aliphatic carbocycles. The second kappa shape index (κ2) is 7.28. The third-order valence-corrected chi connectivity index (χ3v) is 3.58. The van der Waals surface area contributed by atoms with Gasteiger partial charge >= 0.3 is 0 Å². The van der Waals surface area contributed by atoms with E-state index in [0.29, 0.717) is 12.5 Å². The van der Waals surface area contributed by atoms with Crippen molar-refractivity contribution in [3.63, 3.8) is 0 Å². The average molecular weight is 279 g/mol. The van der Waals surface area contributed by atoms with Crippen molar-refractivity contribution in [2.75, 3.05) is 40.0 Å². The number of rotatable bonds is 3. The van der Waals surface area contributed by atoms with Crippen molar-refractivity contribution in [3.05, 3.63) is 0 Å². The Balaban J connectivity index is 0.00000162. The van der Waals surface area contributed by atoms with Gasteiger partial charge in [-0.05, 0) is 13.3 Å². The molecule has 2 rings (SSSR count). The number of carbonyl (C=O) groups is 1. The van der Waals surface area contributed by atoms with Gasteiger partial charge in [0.15, 0.2) is 0 Å². The maximum absolute atomic E-state index is 12.3. The first-order valence-corrected chi connectivity index (χ1v) is 6.35. The Bertz CT molecular complexity index is 278. The van der Waals surface area contributed by atoms with Gasteiger partial charge in [0.25, 0.3) is 0 Å². The van der Waals surface area contributed by atoms with E-state index in [1.807, 2.05) is 11.8 Å². The van der Waals surface area contributed by atoms with Crippen LogP contribution < -0.4 is 5.32 Å². The van der Waals surface area contributed by atoms with Crippen LogP contribution in [0, 0.1) is 5.92 Å². The summed E-state index contributed by atoms with van der Waals surface area (Å²) >= 11 is 0. The summed E-state index contributed by atoms with van der Waals surface area (Å²) in [6, 6.07) is -0.176. The van der Waals surface area contributed by atoms with Gasteiger partial charge in [0, 0.05) is 32.7 Å². The Morgan fingerprint density at radius 1 is 1.56 bits per heavy atom. The summed E-state index contributed by atoms with van der Waals surface area (Å²) in [4.78, 5) is 14.2. The van der Waals surface area contributed by atoms with E-state index in [1.54, 1.807) is 7.11 Å². The van der Waals surface area contributed by atoms with E-state index < -0.39 is 0 Å². The topological polar surface area (TPSA) is 50.8 Å². The smallest absolute Gasteiger partial charge is 0.242 e. The number of morpholine rings is 1. The molecule has 2 aliphatic heterocycles. The molecule has 0 aromatic carbocycles. The molecule has 0 saturated carbocycles. The number of likely N-dealkylation sites (tertiary alicyclic amines) is 1. The lowest BCUT2D eigenvalue weighted by Crippen LogP contribution is -2.56. The van der Waals surface area contributed by atoms with Crippen LogP contribution in [0.3, 0.4) is 0 Å². The highest BCUT2D eigenvalue weighted by Crippen LogP contribution is 2.18. The molecule has 18 heavy (non-hydrogen) atoms. The number of amides is 1. The molecule has 2 fully saturated rings. The number of halogens is 1. The third-order valence-electron chi connectivity index (χ3n) is 3.58. The number of nitrogens with zero attached hydrogens (tertiary/aromatic N) is 1. The molecule has 0 aromatic rings. The van der Waals surface area contributed by atoms with E-state index in [2.05, 4.69) is 5.32 Å². The van der Waals surface area contributed by atoms with E-state index in [-0.39, 0.29) is 30.5 Å². The summed E-state index contributed by atoms with van der Waals surface area (Å²) in [5.41, 5.74) is 0. The fourth-order valence-electron chi connectivity index (χ4n) is 2.61.